The van der Waals surface area contributed by atoms with Crippen LogP contribution in [0, 0.1) is 17.8 Å². The summed E-state index contributed by atoms with van der Waals surface area (Å²) >= 11 is 0. The Labute approximate surface area is 262 Å². The van der Waals surface area contributed by atoms with Crippen molar-refractivity contribution >= 4 is 41.0 Å². The number of alkyl halides is 3. The molecule has 1 N–H and O–H groups in total. The average Bonchev–Trinajstić information content (AvgIpc) is 3.84. The molecule has 2 atom stereocenters. The number of aromatic nitrogens is 4. The molecular formula is C31H33F3N9O3+. The van der Waals surface area contributed by atoms with Crippen LogP contribution in [0.15, 0.2) is 47.8 Å². The van der Waals surface area contributed by atoms with Crippen molar-refractivity contribution in [3.8, 4) is 0 Å². The normalized spacial score (nSPS) is 25.5. The molecule has 0 radical (unpaired) electrons. The minimum absolute atomic E-state index is 0.00678. The first-order chi connectivity index (χ1) is 21.8. The van der Waals surface area contributed by atoms with Crippen molar-refractivity contribution < 1.29 is 32.6 Å². The smallest absolute Gasteiger partial charge is 0.439 e. The van der Waals surface area contributed by atoms with Crippen molar-refractivity contribution in [3.05, 3.63) is 59.8 Å². The Morgan fingerprint density at radius 1 is 1.04 bits per heavy atom. The van der Waals surface area contributed by atoms with E-state index in [-0.39, 0.29) is 22.8 Å². The van der Waals surface area contributed by atoms with Gasteiger partial charge in [0.1, 0.15) is 5.82 Å². The summed E-state index contributed by atoms with van der Waals surface area (Å²) in [5, 5.41) is 17.6. The summed E-state index contributed by atoms with van der Waals surface area (Å²) in [6.07, 6.45) is 3.79. The Hall–Kier alpha value is -4.82. The molecule has 46 heavy (non-hydrogen) atoms. The molecule has 0 bridgehead atoms. The molecule has 15 heteroatoms. The maximum atomic E-state index is 13.6. The van der Waals surface area contributed by atoms with E-state index < -0.39 is 23.3 Å². The number of pyridine rings is 2. The number of nitrogens with zero attached hydrogens (tertiary/aromatic N) is 9. The number of aromatic carboxylic acids is 1. The van der Waals surface area contributed by atoms with E-state index in [1.807, 2.05) is 32.2 Å². The predicted molar refractivity (Wildman–Crippen MR) is 163 cm³/mol. The number of likely N-dealkylation sites (tertiary alicyclic amines) is 1. The third kappa shape index (κ3) is 5.47. The van der Waals surface area contributed by atoms with Crippen LogP contribution in [0.25, 0.3) is 5.65 Å². The quantitative estimate of drug-likeness (QED) is 0.422. The minimum Gasteiger partial charge on any atom is -0.477 e. The van der Waals surface area contributed by atoms with Crippen LogP contribution in [0.5, 0.6) is 0 Å². The molecule has 3 saturated heterocycles. The first-order valence-electron chi connectivity index (χ1n) is 15.1. The van der Waals surface area contributed by atoms with E-state index in [1.165, 1.54) is 17.0 Å². The number of carboxylic acids is 1. The first kappa shape index (κ1) is 29.9. The SMILES string of the molecule is Cc1cc(N2CC[C@](C)(/C=[N+]3/C=CC(C(F)(F)F)=N3)C2)cn2nc(C(=O)N3CC[C@@]4(CCN(c5cccc(C(=O)O)n5)C4)C3)nc12. The minimum atomic E-state index is -4.49. The number of fused-ring (bicyclic) bond motifs is 1. The molecule has 7 heterocycles. The second-order valence-electron chi connectivity index (χ2n) is 13.1. The zero-order valence-electron chi connectivity index (χ0n) is 25.4. The monoisotopic (exact) mass is 636 g/mol. The van der Waals surface area contributed by atoms with Gasteiger partial charge in [-0.1, -0.05) is 10.8 Å². The number of halogens is 3. The Morgan fingerprint density at radius 3 is 2.59 bits per heavy atom. The molecule has 0 saturated carbocycles. The summed E-state index contributed by atoms with van der Waals surface area (Å²) in [4.78, 5) is 39.9. The number of rotatable bonds is 5. The highest BCUT2D eigenvalue weighted by molar-refractivity contribution is 5.99. The Morgan fingerprint density at radius 2 is 1.83 bits per heavy atom. The molecule has 240 valence electrons. The molecule has 7 rings (SSSR count). The number of amides is 1. The fraction of sp³-hybridized carbons (Fsp3) is 0.452. The molecule has 12 nitrogen and oxygen atoms in total. The van der Waals surface area contributed by atoms with Crippen LogP contribution < -0.4 is 9.80 Å². The summed E-state index contributed by atoms with van der Waals surface area (Å²) < 4.78 is 41.9. The van der Waals surface area contributed by atoms with Gasteiger partial charge in [0, 0.05) is 55.9 Å². The second kappa shape index (κ2) is 10.6. The zero-order chi connectivity index (χ0) is 32.4. The van der Waals surface area contributed by atoms with E-state index in [2.05, 4.69) is 30.0 Å². The van der Waals surface area contributed by atoms with E-state index in [0.29, 0.717) is 44.2 Å². The van der Waals surface area contributed by atoms with Gasteiger partial charge in [0.25, 0.3) is 5.91 Å². The lowest BCUT2D eigenvalue weighted by molar-refractivity contribution is -0.457. The molecule has 1 spiro atoms. The summed E-state index contributed by atoms with van der Waals surface area (Å²) in [6.45, 7) is 7.73. The number of hydrazone groups is 1. The highest BCUT2D eigenvalue weighted by Crippen LogP contribution is 2.41. The Kier molecular flexibility index (Phi) is 6.90. The van der Waals surface area contributed by atoms with E-state index in [4.69, 9.17) is 0 Å². The maximum absolute atomic E-state index is 13.6. The number of allylic oxidation sites excluding steroid dienone is 1. The van der Waals surface area contributed by atoms with Crippen LogP contribution >= 0.6 is 0 Å². The average molecular weight is 637 g/mol. The number of carbonyl (C=O) groups excluding carboxylic acids is 1. The third-order valence-electron chi connectivity index (χ3n) is 9.45. The van der Waals surface area contributed by atoms with Crippen molar-refractivity contribution in [2.24, 2.45) is 15.9 Å². The maximum Gasteiger partial charge on any atom is 0.439 e. The third-order valence-corrected chi connectivity index (χ3v) is 9.45. The van der Waals surface area contributed by atoms with Crippen LogP contribution in [0.2, 0.25) is 0 Å². The van der Waals surface area contributed by atoms with Crippen molar-refractivity contribution in [2.45, 2.75) is 39.3 Å². The Bertz CT molecular complexity index is 1850. The highest BCUT2D eigenvalue weighted by Gasteiger charge is 2.46. The number of hydrogen-bond donors (Lipinski definition) is 1. The van der Waals surface area contributed by atoms with E-state index in [0.717, 1.165) is 43.1 Å². The van der Waals surface area contributed by atoms with Crippen LogP contribution in [-0.4, -0.2) is 104 Å². The fourth-order valence-electron chi connectivity index (χ4n) is 7.02. The lowest BCUT2D eigenvalue weighted by Gasteiger charge is -2.24. The lowest BCUT2D eigenvalue weighted by atomic mass is 9.86. The number of carboxylic acid groups (broad SMARTS) is 1. The van der Waals surface area contributed by atoms with Gasteiger partial charge in [-0.15, -0.1) is 5.10 Å². The number of carbonyl (C=O) groups is 2. The largest absolute Gasteiger partial charge is 0.477 e. The summed E-state index contributed by atoms with van der Waals surface area (Å²) in [5.74, 6) is -0.541. The van der Waals surface area contributed by atoms with Crippen molar-refractivity contribution in [2.75, 3.05) is 49.1 Å². The van der Waals surface area contributed by atoms with Crippen LogP contribution in [0.4, 0.5) is 24.7 Å². The molecule has 3 aromatic heterocycles. The van der Waals surface area contributed by atoms with Gasteiger partial charge in [-0.25, -0.2) is 19.3 Å². The van der Waals surface area contributed by atoms with Crippen molar-refractivity contribution in [3.63, 3.8) is 0 Å². The van der Waals surface area contributed by atoms with E-state index in [1.54, 1.807) is 21.7 Å². The van der Waals surface area contributed by atoms with Crippen LogP contribution in [0.1, 0.15) is 52.9 Å². The van der Waals surface area contributed by atoms with Crippen molar-refractivity contribution in [1.29, 1.82) is 0 Å². The summed E-state index contributed by atoms with van der Waals surface area (Å²) in [7, 11) is 0. The highest BCUT2D eigenvalue weighted by atomic mass is 19.4. The van der Waals surface area contributed by atoms with Gasteiger partial charge in [0.15, 0.2) is 17.6 Å². The molecular weight excluding hydrogens is 603 g/mol. The molecule has 4 aliphatic rings. The van der Waals surface area contributed by atoms with Gasteiger partial charge in [-0.05, 0) is 56.9 Å². The number of anilines is 2. The standard InChI is InChI=1S/C31H32F3N9O3/c1-20-14-21(39-11-7-29(2,16-39)17-42-10-6-23(37-42)31(32,33)34)15-43-26(20)36-25(38-43)27(44)41-13-9-30(19-41)8-12-40(18-30)24-5-3-4-22(35-24)28(45)46/h3-6,10,14-15,17H,7-9,11-13,16,18-19H2,1-2H3/p+1/b42-17-/t29-,30+/m0/s1. The first-order valence-corrected chi connectivity index (χ1v) is 15.1. The van der Waals surface area contributed by atoms with Gasteiger partial charge in [0.2, 0.25) is 17.7 Å². The van der Waals surface area contributed by atoms with Crippen LogP contribution in [-0.2, 0) is 0 Å². The van der Waals surface area contributed by atoms with Crippen LogP contribution in [0.3, 0.4) is 0 Å². The molecule has 3 fully saturated rings. The van der Waals surface area contributed by atoms with Gasteiger partial charge >= 0.3 is 12.1 Å². The van der Waals surface area contributed by atoms with Gasteiger partial charge in [-0.2, -0.15) is 13.2 Å². The van der Waals surface area contributed by atoms with Gasteiger partial charge in [0.05, 0.1) is 17.3 Å². The molecule has 0 aromatic carbocycles. The Balaban J connectivity index is 1.04. The zero-order valence-corrected chi connectivity index (χ0v) is 25.4. The lowest BCUT2D eigenvalue weighted by Crippen LogP contribution is -2.34. The topological polar surface area (TPSA) is 123 Å². The summed E-state index contributed by atoms with van der Waals surface area (Å²) in [6, 6.07) is 6.98. The summed E-state index contributed by atoms with van der Waals surface area (Å²) in [5.41, 5.74) is 0.892. The molecule has 4 aliphatic heterocycles. The van der Waals surface area contributed by atoms with Gasteiger partial charge < -0.3 is 19.8 Å². The number of aryl methyl sites for hydroxylation is 1. The molecule has 3 aromatic rings. The van der Waals surface area contributed by atoms with E-state index in [9.17, 15) is 27.9 Å². The van der Waals surface area contributed by atoms with E-state index >= 15 is 0 Å². The number of hydrogen-bond acceptors (Lipinski definition) is 8. The molecule has 0 unspecified atom stereocenters. The van der Waals surface area contributed by atoms with Crippen molar-refractivity contribution in [1.82, 2.24) is 24.5 Å². The fourth-order valence-corrected chi connectivity index (χ4v) is 7.02. The predicted octanol–water partition coefficient (Wildman–Crippen LogP) is 3.62. The molecule has 1 amide bonds. The van der Waals surface area contributed by atoms with Gasteiger partial charge in [-0.3, -0.25) is 4.79 Å². The molecule has 0 aliphatic carbocycles. The second-order valence-corrected chi connectivity index (χ2v) is 13.1.